The van der Waals surface area contributed by atoms with Gasteiger partial charge in [-0.15, -0.1) is 5.10 Å². The fourth-order valence-corrected chi connectivity index (χ4v) is 3.52. The van der Waals surface area contributed by atoms with Crippen LogP contribution in [0.5, 0.6) is 5.75 Å². The Labute approximate surface area is 197 Å². The molecule has 34 heavy (non-hydrogen) atoms. The number of carbonyl (C=O) groups is 3. The second kappa shape index (κ2) is 10.4. The third kappa shape index (κ3) is 6.59. The molecule has 1 aliphatic heterocycles. The fourth-order valence-electron chi connectivity index (χ4n) is 3.52. The molecular weight excluding hydrogens is 444 g/mol. The molecule has 0 unspecified atom stereocenters. The normalized spacial score (nSPS) is 17.4. The number of ether oxygens (including phenoxy) is 2. The quantitative estimate of drug-likeness (QED) is 0.462. The van der Waals surface area contributed by atoms with Crippen LogP contribution in [0.3, 0.4) is 0 Å². The fraction of sp³-hybridized carbons (Fsp3) is 0.500. The van der Waals surface area contributed by atoms with Crippen molar-refractivity contribution >= 4 is 18.1 Å². The molecule has 0 saturated carbocycles. The highest BCUT2D eigenvalue weighted by molar-refractivity contribution is 5.92. The van der Waals surface area contributed by atoms with E-state index in [0.717, 1.165) is 10.5 Å². The smallest absolute Gasteiger partial charge is 0.408 e. The zero-order chi connectivity index (χ0) is 24.9. The van der Waals surface area contributed by atoms with Crippen molar-refractivity contribution in [3.05, 3.63) is 41.7 Å². The van der Waals surface area contributed by atoms with Crippen molar-refractivity contribution in [1.29, 1.82) is 0 Å². The summed E-state index contributed by atoms with van der Waals surface area (Å²) >= 11 is 0. The van der Waals surface area contributed by atoms with E-state index < -0.39 is 29.9 Å². The van der Waals surface area contributed by atoms with Crippen molar-refractivity contribution in [3.8, 4) is 5.75 Å². The molecule has 3 amide bonds. The van der Waals surface area contributed by atoms with Crippen LogP contribution in [0.15, 0.2) is 30.5 Å². The van der Waals surface area contributed by atoms with E-state index in [1.165, 1.54) is 0 Å². The predicted molar refractivity (Wildman–Crippen MR) is 120 cm³/mol. The van der Waals surface area contributed by atoms with Crippen LogP contribution in [0.2, 0.25) is 0 Å². The van der Waals surface area contributed by atoms with Crippen molar-refractivity contribution < 1.29 is 29.0 Å². The second-order valence-corrected chi connectivity index (χ2v) is 8.92. The lowest BCUT2D eigenvalue weighted by molar-refractivity contribution is -0.136. The molecule has 1 aromatic carbocycles. The summed E-state index contributed by atoms with van der Waals surface area (Å²) in [6.07, 6.45) is 0.325. The monoisotopic (exact) mass is 474 g/mol. The summed E-state index contributed by atoms with van der Waals surface area (Å²) < 4.78 is 11.9. The number of benzene rings is 1. The first kappa shape index (κ1) is 24.8. The van der Waals surface area contributed by atoms with E-state index in [2.05, 4.69) is 20.9 Å². The summed E-state index contributed by atoms with van der Waals surface area (Å²) in [5.41, 5.74) is 0.762. The van der Waals surface area contributed by atoms with Crippen LogP contribution in [-0.2, 0) is 29.0 Å². The number of methoxy groups -OCH3 is 1. The summed E-state index contributed by atoms with van der Waals surface area (Å²) in [5.74, 6) is 0.309. The molecule has 1 aromatic heterocycles. The molecule has 3 N–H and O–H groups in total. The number of nitrogens with zero attached hydrogens (tertiary/aromatic N) is 4. The molecule has 2 aromatic rings. The maximum absolute atomic E-state index is 12.2. The molecule has 0 spiro atoms. The van der Waals surface area contributed by atoms with Gasteiger partial charge in [-0.1, -0.05) is 17.3 Å². The van der Waals surface area contributed by atoms with Crippen molar-refractivity contribution in [1.82, 2.24) is 30.5 Å². The number of rotatable bonds is 9. The van der Waals surface area contributed by atoms with Gasteiger partial charge in [-0.05, 0) is 38.5 Å². The zero-order valence-corrected chi connectivity index (χ0v) is 19.6. The minimum absolute atomic E-state index is 0.0664. The van der Waals surface area contributed by atoms with Crippen LogP contribution in [0, 0.1) is 0 Å². The second-order valence-electron chi connectivity index (χ2n) is 8.92. The number of β-lactam (4-membered cyclic amide) rings is 1. The number of hydrogen-bond donors (Lipinski definition) is 3. The van der Waals surface area contributed by atoms with Crippen LogP contribution in [0.25, 0.3) is 0 Å². The summed E-state index contributed by atoms with van der Waals surface area (Å²) in [6.45, 7) is 6.10. The Morgan fingerprint density at radius 2 is 1.97 bits per heavy atom. The minimum Gasteiger partial charge on any atom is -0.497 e. The summed E-state index contributed by atoms with van der Waals surface area (Å²) in [4.78, 5) is 37.0. The van der Waals surface area contributed by atoms with Crippen molar-refractivity contribution in [2.75, 3.05) is 13.7 Å². The average Bonchev–Trinajstić information content (AvgIpc) is 3.19. The average molecular weight is 475 g/mol. The number of carboxylic acid groups (broad SMARTS) is 1. The van der Waals surface area contributed by atoms with Gasteiger partial charge in [0.15, 0.2) is 0 Å². The first-order valence-electron chi connectivity index (χ1n) is 10.8. The predicted octanol–water partition coefficient (Wildman–Crippen LogP) is 1.40. The lowest BCUT2D eigenvalue weighted by Gasteiger charge is -2.42. The zero-order valence-electron chi connectivity index (χ0n) is 19.6. The van der Waals surface area contributed by atoms with Crippen LogP contribution in [-0.4, -0.2) is 74.4 Å². The maximum atomic E-state index is 12.2. The van der Waals surface area contributed by atoms with Crippen molar-refractivity contribution in [3.63, 3.8) is 0 Å². The lowest BCUT2D eigenvalue weighted by Crippen LogP contribution is -2.70. The van der Waals surface area contributed by atoms with Gasteiger partial charge in [0.25, 0.3) is 0 Å². The van der Waals surface area contributed by atoms with Gasteiger partial charge in [-0.25, -0.2) is 9.59 Å². The molecule has 3 rings (SSSR count). The molecule has 0 bridgehead atoms. The Morgan fingerprint density at radius 3 is 2.56 bits per heavy atom. The van der Waals surface area contributed by atoms with Crippen LogP contribution >= 0.6 is 0 Å². The first-order chi connectivity index (χ1) is 16.1. The summed E-state index contributed by atoms with van der Waals surface area (Å²) in [6, 6.07) is 5.74. The number of alkyl carbamates (subject to hydrolysis) is 1. The van der Waals surface area contributed by atoms with Gasteiger partial charge in [0.1, 0.15) is 17.4 Å². The van der Waals surface area contributed by atoms with E-state index in [1.54, 1.807) is 63.0 Å². The molecule has 1 saturated heterocycles. The topological polar surface area (TPSA) is 148 Å². The highest BCUT2D eigenvalue weighted by atomic mass is 16.6. The highest BCUT2D eigenvalue weighted by Crippen LogP contribution is 2.22. The molecule has 0 radical (unpaired) electrons. The third-order valence-electron chi connectivity index (χ3n) is 5.10. The van der Waals surface area contributed by atoms with Gasteiger partial charge in [0.05, 0.1) is 25.4 Å². The van der Waals surface area contributed by atoms with Gasteiger partial charge in [0, 0.05) is 25.7 Å². The van der Waals surface area contributed by atoms with Gasteiger partial charge in [-0.2, -0.15) is 0 Å². The van der Waals surface area contributed by atoms with E-state index in [4.69, 9.17) is 9.47 Å². The molecule has 12 nitrogen and oxygen atoms in total. The molecule has 1 fully saturated rings. The van der Waals surface area contributed by atoms with E-state index >= 15 is 0 Å². The number of amides is 3. The van der Waals surface area contributed by atoms with Crippen molar-refractivity contribution in [2.45, 2.75) is 58.0 Å². The Hall–Kier alpha value is -3.83. The Bertz CT molecular complexity index is 1020. The molecular formula is C22H30N6O6. The van der Waals surface area contributed by atoms with Crippen LogP contribution in [0.1, 0.15) is 32.0 Å². The molecule has 12 heteroatoms. The van der Waals surface area contributed by atoms with E-state index in [-0.39, 0.29) is 12.5 Å². The van der Waals surface area contributed by atoms with E-state index in [1.807, 2.05) is 0 Å². The largest absolute Gasteiger partial charge is 0.497 e. The van der Waals surface area contributed by atoms with Crippen molar-refractivity contribution in [2.24, 2.45) is 0 Å². The number of aromatic nitrogens is 3. The molecule has 184 valence electrons. The molecule has 0 aliphatic carbocycles. The number of hydrogen-bond acceptors (Lipinski definition) is 7. The Morgan fingerprint density at radius 1 is 1.26 bits per heavy atom. The Balaban J connectivity index is 1.55. The number of nitrogens with one attached hydrogen (secondary N) is 2. The van der Waals surface area contributed by atoms with Crippen LogP contribution < -0.4 is 15.4 Å². The maximum Gasteiger partial charge on any atom is 0.408 e. The van der Waals surface area contributed by atoms with E-state index in [9.17, 15) is 19.5 Å². The van der Waals surface area contributed by atoms with Gasteiger partial charge in [0.2, 0.25) is 5.91 Å². The van der Waals surface area contributed by atoms with Crippen LogP contribution in [0.4, 0.5) is 9.59 Å². The number of carbonyl (C=O) groups excluding carboxylic acids is 2. The molecule has 1 aliphatic rings. The molecule has 2 atom stereocenters. The Kier molecular flexibility index (Phi) is 7.59. The molecule has 2 heterocycles. The van der Waals surface area contributed by atoms with Gasteiger partial charge >= 0.3 is 12.2 Å². The van der Waals surface area contributed by atoms with E-state index in [0.29, 0.717) is 31.0 Å². The van der Waals surface area contributed by atoms with Gasteiger partial charge < -0.3 is 25.2 Å². The van der Waals surface area contributed by atoms with Gasteiger partial charge in [-0.3, -0.25) is 14.4 Å². The SMILES string of the molecule is COc1ccc(CN(C(=O)O)[C@@H]2C(=O)N[C@@H]2Cc2cn(CCNC(=O)OC(C)(C)C)nn2)cc1. The summed E-state index contributed by atoms with van der Waals surface area (Å²) in [7, 11) is 1.55. The highest BCUT2D eigenvalue weighted by Gasteiger charge is 2.45. The third-order valence-corrected chi connectivity index (χ3v) is 5.10. The minimum atomic E-state index is -1.18. The lowest BCUT2D eigenvalue weighted by atomic mass is 9.92. The first-order valence-corrected chi connectivity index (χ1v) is 10.8. The summed E-state index contributed by atoms with van der Waals surface area (Å²) in [5, 5.41) is 23.3. The standard InChI is InChI=1S/C22H30N6O6/c1-22(2,3)34-20(30)23-9-10-27-13-15(25-26-27)11-17-18(19(29)24-17)28(21(31)32)12-14-5-7-16(33-4)8-6-14/h5-8,13,17-18H,9-12H2,1-4H3,(H,23,30)(H,24,29)(H,31,32)/t17-,18+/m1/s1.